The molecule has 8 nitrogen and oxygen atoms in total. The van der Waals surface area contributed by atoms with Crippen molar-refractivity contribution in [3.05, 3.63) is 36.0 Å². The number of carbonyl (C=O) groups excluding carboxylic acids is 1. The maximum Gasteiger partial charge on any atom is 0.253 e. The highest BCUT2D eigenvalue weighted by Gasteiger charge is 2.24. The first-order valence-corrected chi connectivity index (χ1v) is 9.91. The van der Waals surface area contributed by atoms with Crippen molar-refractivity contribution in [3.63, 3.8) is 0 Å². The van der Waals surface area contributed by atoms with Crippen LogP contribution in [0.25, 0.3) is 0 Å². The van der Waals surface area contributed by atoms with Crippen LogP contribution >= 0.6 is 11.7 Å². The number of carbonyl (C=O) groups is 1. The summed E-state index contributed by atoms with van der Waals surface area (Å²) in [7, 11) is -0.531. The molecule has 25 heavy (non-hydrogen) atoms. The third-order valence-electron chi connectivity index (χ3n) is 4.12. The van der Waals surface area contributed by atoms with Gasteiger partial charge < -0.3 is 9.80 Å². The molecule has 0 atom stereocenters. The Balaban J connectivity index is 1.66. The molecule has 0 spiro atoms. The Morgan fingerprint density at radius 2 is 1.76 bits per heavy atom. The van der Waals surface area contributed by atoms with Crippen LogP contribution in [-0.2, 0) is 10.0 Å². The number of nitrogens with zero attached hydrogens (tertiary/aromatic N) is 5. The Morgan fingerprint density at radius 3 is 2.28 bits per heavy atom. The first kappa shape index (κ1) is 17.8. The fraction of sp³-hybridized carbons (Fsp3) is 0.400. The average Bonchev–Trinajstić information content (AvgIpc) is 3.16. The molecule has 3 rings (SSSR count). The molecule has 2 heterocycles. The molecule has 0 unspecified atom stereocenters. The van der Waals surface area contributed by atoms with Crippen molar-refractivity contribution in [3.8, 4) is 0 Å². The van der Waals surface area contributed by atoms with Crippen molar-refractivity contribution < 1.29 is 13.2 Å². The second kappa shape index (κ2) is 7.06. The van der Waals surface area contributed by atoms with Crippen LogP contribution in [-0.4, -0.2) is 72.6 Å². The van der Waals surface area contributed by atoms with Crippen molar-refractivity contribution in [1.29, 1.82) is 0 Å². The first-order valence-electron chi connectivity index (χ1n) is 7.74. The quantitative estimate of drug-likeness (QED) is 0.777. The van der Waals surface area contributed by atoms with Crippen LogP contribution < -0.4 is 4.90 Å². The molecule has 1 saturated heterocycles. The minimum absolute atomic E-state index is 0.0927. The van der Waals surface area contributed by atoms with Gasteiger partial charge in [-0.05, 0) is 24.3 Å². The Morgan fingerprint density at radius 1 is 1.12 bits per heavy atom. The predicted molar refractivity (Wildman–Crippen MR) is 95.3 cm³/mol. The number of aromatic nitrogens is 2. The molecule has 10 heteroatoms. The van der Waals surface area contributed by atoms with Gasteiger partial charge in [0.15, 0.2) is 5.82 Å². The third kappa shape index (κ3) is 3.65. The summed E-state index contributed by atoms with van der Waals surface area (Å²) in [6, 6.07) is 6.07. The van der Waals surface area contributed by atoms with Crippen LogP contribution in [0.5, 0.6) is 0 Å². The van der Waals surface area contributed by atoms with Crippen molar-refractivity contribution >= 4 is 33.5 Å². The molecule has 1 aromatic carbocycles. The number of rotatable bonds is 4. The largest absolute Gasteiger partial charge is 0.351 e. The molecule has 0 aliphatic carbocycles. The minimum atomic E-state index is -3.49. The lowest BCUT2D eigenvalue weighted by atomic mass is 10.2. The molecule has 0 radical (unpaired) electrons. The Hall–Kier alpha value is -2.04. The molecule has 134 valence electrons. The monoisotopic (exact) mass is 381 g/mol. The van der Waals surface area contributed by atoms with Gasteiger partial charge in [0.1, 0.15) is 0 Å². The first-order chi connectivity index (χ1) is 11.9. The van der Waals surface area contributed by atoms with Gasteiger partial charge in [-0.2, -0.15) is 8.75 Å². The normalized spacial score (nSPS) is 15.6. The summed E-state index contributed by atoms with van der Waals surface area (Å²) < 4.78 is 33.5. The van der Waals surface area contributed by atoms with Crippen molar-refractivity contribution in [1.82, 2.24) is 18.0 Å². The lowest BCUT2D eigenvalue weighted by Crippen LogP contribution is -2.48. The summed E-state index contributed by atoms with van der Waals surface area (Å²) in [6.07, 6.45) is 1.73. The van der Waals surface area contributed by atoms with Gasteiger partial charge in [-0.25, -0.2) is 12.7 Å². The molecule has 1 aromatic heterocycles. The van der Waals surface area contributed by atoms with Gasteiger partial charge in [-0.3, -0.25) is 4.79 Å². The maximum atomic E-state index is 12.6. The number of piperazine rings is 1. The van der Waals surface area contributed by atoms with Crippen LogP contribution in [0.1, 0.15) is 10.4 Å². The molecular weight excluding hydrogens is 362 g/mol. The lowest BCUT2D eigenvalue weighted by Gasteiger charge is -2.34. The lowest BCUT2D eigenvalue weighted by molar-refractivity contribution is 0.0746. The minimum Gasteiger partial charge on any atom is -0.351 e. The van der Waals surface area contributed by atoms with Gasteiger partial charge in [0.2, 0.25) is 10.0 Å². The van der Waals surface area contributed by atoms with E-state index in [4.69, 9.17) is 0 Å². The fourth-order valence-electron chi connectivity index (χ4n) is 2.60. The van der Waals surface area contributed by atoms with E-state index in [0.717, 1.165) is 10.1 Å². The van der Waals surface area contributed by atoms with Crippen LogP contribution in [0.2, 0.25) is 0 Å². The predicted octanol–water partition coefficient (Wildman–Crippen LogP) is 0.751. The molecule has 1 aliphatic rings. The second-order valence-corrected chi connectivity index (χ2v) is 8.57. The van der Waals surface area contributed by atoms with E-state index in [-0.39, 0.29) is 10.8 Å². The number of hydrogen-bond acceptors (Lipinski definition) is 7. The fourth-order valence-corrected chi connectivity index (χ4v) is 3.94. The molecule has 0 N–H and O–H groups in total. The molecule has 0 bridgehead atoms. The highest BCUT2D eigenvalue weighted by molar-refractivity contribution is 7.89. The molecular formula is C15H19N5O3S2. The zero-order chi connectivity index (χ0) is 18.0. The van der Waals surface area contributed by atoms with Crippen molar-refractivity contribution in [2.45, 2.75) is 4.90 Å². The number of benzene rings is 1. The summed E-state index contributed by atoms with van der Waals surface area (Å²) in [5.74, 6) is 0.750. The molecule has 2 aromatic rings. The Labute approximate surface area is 151 Å². The van der Waals surface area contributed by atoms with E-state index in [1.165, 1.54) is 38.0 Å². The molecule has 1 amide bonds. The summed E-state index contributed by atoms with van der Waals surface area (Å²) in [5.41, 5.74) is 0.487. The Kier molecular flexibility index (Phi) is 5.02. The van der Waals surface area contributed by atoms with Gasteiger partial charge in [-0.1, -0.05) is 0 Å². The average molecular weight is 381 g/mol. The van der Waals surface area contributed by atoms with E-state index in [9.17, 15) is 13.2 Å². The van der Waals surface area contributed by atoms with E-state index < -0.39 is 10.0 Å². The zero-order valence-electron chi connectivity index (χ0n) is 14.0. The van der Waals surface area contributed by atoms with E-state index >= 15 is 0 Å². The molecule has 1 aliphatic heterocycles. The summed E-state index contributed by atoms with van der Waals surface area (Å²) in [5, 5.41) is 0. The SMILES string of the molecule is CN(C)S(=O)(=O)c1ccc(C(=O)N2CCN(c3cnsn3)CC2)cc1. The van der Waals surface area contributed by atoms with E-state index in [0.29, 0.717) is 31.7 Å². The van der Waals surface area contributed by atoms with Crippen molar-refractivity contribution in [2.75, 3.05) is 45.2 Å². The topological polar surface area (TPSA) is 86.7 Å². The van der Waals surface area contributed by atoms with Crippen LogP contribution in [0.15, 0.2) is 35.4 Å². The molecule has 0 saturated carbocycles. The Bertz CT molecular complexity index is 827. The van der Waals surface area contributed by atoms with Gasteiger partial charge in [0.05, 0.1) is 22.8 Å². The summed E-state index contributed by atoms with van der Waals surface area (Å²) in [4.78, 5) is 16.7. The van der Waals surface area contributed by atoms with Gasteiger partial charge in [-0.15, -0.1) is 0 Å². The summed E-state index contributed by atoms with van der Waals surface area (Å²) in [6.45, 7) is 2.58. The highest BCUT2D eigenvalue weighted by atomic mass is 32.2. The number of hydrogen-bond donors (Lipinski definition) is 0. The highest BCUT2D eigenvalue weighted by Crippen LogP contribution is 2.17. The standard InChI is InChI=1S/C15H19N5O3S2/c1-18(2)25(22,23)13-5-3-12(4-6-13)15(21)20-9-7-19(8-10-20)14-11-16-24-17-14/h3-6,11H,7-10H2,1-2H3. The second-order valence-electron chi connectivity index (χ2n) is 5.86. The third-order valence-corrected chi connectivity index (χ3v) is 6.42. The van der Waals surface area contributed by atoms with E-state index in [1.54, 1.807) is 23.2 Å². The van der Waals surface area contributed by atoms with Crippen LogP contribution in [0, 0.1) is 0 Å². The van der Waals surface area contributed by atoms with Gasteiger partial charge in [0, 0.05) is 45.8 Å². The van der Waals surface area contributed by atoms with Gasteiger partial charge >= 0.3 is 0 Å². The van der Waals surface area contributed by atoms with Crippen molar-refractivity contribution in [2.24, 2.45) is 0 Å². The number of anilines is 1. The number of sulfonamides is 1. The summed E-state index contributed by atoms with van der Waals surface area (Å²) >= 11 is 1.17. The van der Waals surface area contributed by atoms with Gasteiger partial charge in [0.25, 0.3) is 5.91 Å². The molecule has 1 fully saturated rings. The van der Waals surface area contributed by atoms with Crippen LogP contribution in [0.4, 0.5) is 5.82 Å². The van der Waals surface area contributed by atoms with E-state index in [2.05, 4.69) is 13.6 Å². The van der Waals surface area contributed by atoms with Crippen LogP contribution in [0.3, 0.4) is 0 Å². The zero-order valence-corrected chi connectivity index (χ0v) is 15.6. The number of amides is 1. The smallest absolute Gasteiger partial charge is 0.253 e. The van der Waals surface area contributed by atoms with E-state index in [1.807, 2.05) is 0 Å². The maximum absolute atomic E-state index is 12.6.